The van der Waals surface area contributed by atoms with Gasteiger partial charge in [-0.25, -0.2) is 0 Å². The second-order valence-electron chi connectivity index (χ2n) is 4.90. The fourth-order valence-electron chi connectivity index (χ4n) is 1.48. The number of ether oxygens (including phenoxy) is 1. The van der Waals surface area contributed by atoms with Crippen LogP contribution in [0.3, 0.4) is 0 Å². The Morgan fingerprint density at radius 2 is 2.31 bits per heavy atom. The summed E-state index contributed by atoms with van der Waals surface area (Å²) in [6.45, 7) is 6.72. The predicted octanol–water partition coefficient (Wildman–Crippen LogP) is 1.66. The number of aliphatic imine (C=N–C) groups is 1. The highest BCUT2D eigenvalue weighted by atomic mass is 32.2. The maximum atomic E-state index is 11.0. The van der Waals surface area contributed by atoms with E-state index in [1.165, 1.54) is 7.11 Å². The van der Waals surface area contributed by atoms with Gasteiger partial charge in [-0.1, -0.05) is 32.5 Å². The number of thioether (sulfide) groups is 1. The van der Waals surface area contributed by atoms with E-state index in [0.29, 0.717) is 6.04 Å². The Balaban J connectivity index is 2.53. The zero-order valence-corrected chi connectivity index (χ0v) is 11.2. The lowest BCUT2D eigenvalue weighted by Crippen LogP contribution is -2.46. The Morgan fingerprint density at radius 3 is 2.88 bits per heavy atom. The molecule has 0 aromatic heterocycles. The molecule has 4 nitrogen and oxygen atoms in total. The minimum absolute atomic E-state index is 0.0999. The Hall–Kier alpha value is -0.710. The van der Waals surface area contributed by atoms with Crippen molar-refractivity contribution >= 4 is 22.9 Å². The first-order chi connectivity index (χ1) is 7.43. The van der Waals surface area contributed by atoms with Crippen LogP contribution in [0, 0.1) is 5.41 Å². The standard InChI is InChI=1S/C11H20N2O2S/c1-11(2,3)8-5-6-16-10(13-8)12-7-9(14)15-4/h8H,5-7H2,1-4H3,(H,12,13). The highest BCUT2D eigenvalue weighted by Crippen LogP contribution is 2.27. The third-order valence-electron chi connectivity index (χ3n) is 2.57. The highest BCUT2D eigenvalue weighted by Gasteiger charge is 2.28. The molecule has 1 unspecified atom stereocenters. The molecule has 1 rings (SSSR count). The molecule has 0 radical (unpaired) electrons. The molecule has 1 saturated heterocycles. The zero-order chi connectivity index (χ0) is 12.2. The molecule has 0 spiro atoms. The van der Waals surface area contributed by atoms with Crippen LogP contribution >= 0.6 is 11.8 Å². The highest BCUT2D eigenvalue weighted by molar-refractivity contribution is 8.13. The predicted molar refractivity (Wildman–Crippen MR) is 67.8 cm³/mol. The van der Waals surface area contributed by atoms with Crippen molar-refractivity contribution in [1.29, 1.82) is 0 Å². The van der Waals surface area contributed by atoms with Crippen LogP contribution in [0.4, 0.5) is 0 Å². The van der Waals surface area contributed by atoms with Gasteiger partial charge >= 0.3 is 5.97 Å². The minimum atomic E-state index is -0.298. The van der Waals surface area contributed by atoms with Crippen molar-refractivity contribution in [2.75, 3.05) is 19.4 Å². The third kappa shape index (κ3) is 4.04. The van der Waals surface area contributed by atoms with Crippen LogP contribution in [-0.4, -0.2) is 36.6 Å². The van der Waals surface area contributed by atoms with Crippen LogP contribution in [0.1, 0.15) is 27.2 Å². The zero-order valence-electron chi connectivity index (χ0n) is 10.4. The van der Waals surface area contributed by atoms with Gasteiger partial charge in [-0.3, -0.25) is 9.79 Å². The molecule has 1 N–H and O–H groups in total. The number of nitrogens with zero attached hydrogens (tertiary/aromatic N) is 1. The second kappa shape index (κ2) is 5.57. The average molecular weight is 244 g/mol. The van der Waals surface area contributed by atoms with E-state index in [0.717, 1.165) is 17.3 Å². The van der Waals surface area contributed by atoms with Crippen LogP contribution in [-0.2, 0) is 9.53 Å². The summed E-state index contributed by atoms with van der Waals surface area (Å²) >= 11 is 1.67. The van der Waals surface area contributed by atoms with Crippen LogP contribution in [0.15, 0.2) is 4.99 Å². The summed E-state index contributed by atoms with van der Waals surface area (Å²) in [5, 5.41) is 4.24. The van der Waals surface area contributed by atoms with E-state index in [2.05, 4.69) is 35.8 Å². The molecule has 5 heteroatoms. The lowest BCUT2D eigenvalue weighted by molar-refractivity contribution is -0.138. The smallest absolute Gasteiger partial charge is 0.327 e. The number of carbonyl (C=O) groups is 1. The van der Waals surface area contributed by atoms with Crippen molar-refractivity contribution < 1.29 is 9.53 Å². The molecule has 0 aliphatic carbocycles. The van der Waals surface area contributed by atoms with Crippen molar-refractivity contribution in [3.05, 3.63) is 0 Å². The average Bonchev–Trinajstić information content (AvgIpc) is 2.25. The van der Waals surface area contributed by atoms with Gasteiger partial charge in [0.05, 0.1) is 7.11 Å². The number of hydrogen-bond acceptors (Lipinski definition) is 4. The lowest BCUT2D eigenvalue weighted by Gasteiger charge is -2.35. The third-order valence-corrected chi connectivity index (χ3v) is 3.53. The van der Waals surface area contributed by atoms with Crippen LogP contribution in [0.25, 0.3) is 0 Å². The molecule has 0 amide bonds. The fraction of sp³-hybridized carbons (Fsp3) is 0.818. The molecule has 0 aromatic carbocycles. The largest absolute Gasteiger partial charge is 0.468 e. The van der Waals surface area contributed by atoms with Gasteiger partial charge in [0.1, 0.15) is 6.54 Å². The summed E-state index contributed by atoms with van der Waals surface area (Å²) in [4.78, 5) is 15.2. The van der Waals surface area contributed by atoms with Gasteiger partial charge in [-0.15, -0.1) is 0 Å². The van der Waals surface area contributed by atoms with Crippen LogP contribution < -0.4 is 5.32 Å². The van der Waals surface area contributed by atoms with Gasteiger partial charge in [0.25, 0.3) is 0 Å². The normalized spacial score (nSPS) is 24.0. The van der Waals surface area contributed by atoms with Gasteiger partial charge < -0.3 is 10.1 Å². The van der Waals surface area contributed by atoms with E-state index in [-0.39, 0.29) is 17.9 Å². The summed E-state index contributed by atoms with van der Waals surface area (Å²) in [5.41, 5.74) is 0.215. The van der Waals surface area contributed by atoms with Gasteiger partial charge in [0, 0.05) is 11.8 Å². The Labute approximate surface area is 101 Å². The Morgan fingerprint density at radius 1 is 1.62 bits per heavy atom. The molecule has 0 bridgehead atoms. The number of amidine groups is 1. The van der Waals surface area contributed by atoms with E-state index in [4.69, 9.17) is 0 Å². The van der Waals surface area contributed by atoms with E-state index in [1.807, 2.05) is 0 Å². The van der Waals surface area contributed by atoms with Crippen LogP contribution in [0.2, 0.25) is 0 Å². The summed E-state index contributed by atoms with van der Waals surface area (Å²) in [5.74, 6) is 0.752. The molecular weight excluding hydrogens is 224 g/mol. The minimum Gasteiger partial charge on any atom is -0.468 e. The molecule has 1 atom stereocenters. The van der Waals surface area contributed by atoms with Crippen LogP contribution in [0.5, 0.6) is 0 Å². The van der Waals surface area contributed by atoms with Gasteiger partial charge in [0.15, 0.2) is 5.17 Å². The van der Waals surface area contributed by atoms with Crippen molar-refractivity contribution in [3.63, 3.8) is 0 Å². The first-order valence-corrected chi connectivity index (χ1v) is 6.42. The molecule has 0 aromatic rings. The van der Waals surface area contributed by atoms with E-state index < -0.39 is 0 Å². The Bertz CT molecular complexity index is 284. The molecule has 1 fully saturated rings. The number of hydrogen-bond donors (Lipinski definition) is 1. The van der Waals surface area contributed by atoms with Crippen molar-refractivity contribution in [3.8, 4) is 0 Å². The van der Waals surface area contributed by atoms with Crippen molar-refractivity contribution in [2.24, 2.45) is 10.4 Å². The summed E-state index contributed by atoms with van der Waals surface area (Å²) in [6.07, 6.45) is 1.13. The first kappa shape index (κ1) is 13.4. The maximum absolute atomic E-state index is 11.0. The molecule has 0 saturated carbocycles. The number of esters is 1. The molecule has 1 aliphatic heterocycles. The number of rotatable bonds is 2. The van der Waals surface area contributed by atoms with E-state index in [1.54, 1.807) is 11.8 Å². The van der Waals surface area contributed by atoms with Gasteiger partial charge in [-0.05, 0) is 11.8 Å². The molecule has 92 valence electrons. The topological polar surface area (TPSA) is 50.7 Å². The summed E-state index contributed by atoms with van der Waals surface area (Å²) < 4.78 is 4.55. The lowest BCUT2D eigenvalue weighted by atomic mass is 9.85. The van der Waals surface area contributed by atoms with Gasteiger partial charge in [-0.2, -0.15) is 0 Å². The monoisotopic (exact) mass is 244 g/mol. The quantitative estimate of drug-likeness (QED) is 0.751. The molecule has 1 heterocycles. The SMILES string of the molecule is COC(=O)CN=C1NC(C(C)(C)C)CCS1. The number of methoxy groups -OCH3 is 1. The Kier molecular flexibility index (Phi) is 4.65. The number of nitrogens with one attached hydrogen (secondary N) is 1. The first-order valence-electron chi connectivity index (χ1n) is 5.44. The van der Waals surface area contributed by atoms with E-state index >= 15 is 0 Å². The van der Waals surface area contributed by atoms with E-state index in [9.17, 15) is 4.79 Å². The summed E-state index contributed by atoms with van der Waals surface area (Å²) in [6, 6.07) is 0.421. The molecular formula is C11H20N2O2S. The molecule has 1 aliphatic rings. The van der Waals surface area contributed by atoms with Gasteiger partial charge in [0.2, 0.25) is 0 Å². The molecule has 16 heavy (non-hydrogen) atoms. The van der Waals surface area contributed by atoms with Crippen molar-refractivity contribution in [2.45, 2.75) is 33.2 Å². The summed E-state index contributed by atoms with van der Waals surface area (Å²) in [7, 11) is 1.38. The fourth-order valence-corrected chi connectivity index (χ4v) is 2.41. The number of carbonyl (C=O) groups excluding carboxylic acids is 1. The van der Waals surface area contributed by atoms with Crippen molar-refractivity contribution in [1.82, 2.24) is 5.32 Å². The second-order valence-corrected chi connectivity index (χ2v) is 5.98. The maximum Gasteiger partial charge on any atom is 0.327 e.